The van der Waals surface area contributed by atoms with Crippen LogP contribution in [0.5, 0.6) is 0 Å². The van der Waals surface area contributed by atoms with Crippen molar-refractivity contribution < 1.29 is 43.0 Å². The van der Waals surface area contributed by atoms with Crippen molar-refractivity contribution in [1.29, 1.82) is 0 Å². The number of fused-ring (bicyclic) bond motifs is 3. The van der Waals surface area contributed by atoms with E-state index in [-0.39, 0.29) is 45.0 Å². The van der Waals surface area contributed by atoms with Crippen molar-refractivity contribution in [3.8, 4) is 11.1 Å². The first-order chi connectivity index (χ1) is 28.2. The van der Waals surface area contributed by atoms with E-state index >= 15 is 0 Å². The minimum atomic E-state index is -1.31. The number of benzene rings is 4. The minimum Gasteiger partial charge on any atom is -0.460 e. The van der Waals surface area contributed by atoms with E-state index in [2.05, 4.69) is 21.3 Å². The third kappa shape index (κ3) is 13.0. The zero-order valence-electron chi connectivity index (χ0n) is 32.2. The summed E-state index contributed by atoms with van der Waals surface area (Å²) in [4.78, 5) is 78.0. The number of rotatable bonds is 21. The van der Waals surface area contributed by atoms with Crippen LogP contribution in [0.2, 0.25) is 0 Å². The number of nitrogens with one attached hydrogen (secondary N) is 4. The van der Waals surface area contributed by atoms with Crippen molar-refractivity contribution in [2.24, 2.45) is 5.73 Å². The predicted octanol–water partition coefficient (Wildman–Crippen LogP) is 4.01. The van der Waals surface area contributed by atoms with E-state index in [1.54, 1.807) is 36.4 Å². The molecule has 14 heteroatoms. The lowest BCUT2D eigenvalue weighted by Gasteiger charge is -2.23. The fourth-order valence-electron chi connectivity index (χ4n) is 6.48. The molecule has 14 nitrogen and oxygen atoms in total. The molecule has 58 heavy (non-hydrogen) atoms. The second-order valence-electron chi connectivity index (χ2n) is 13.7. The van der Waals surface area contributed by atoms with Crippen molar-refractivity contribution in [1.82, 2.24) is 21.3 Å². The van der Waals surface area contributed by atoms with Crippen LogP contribution in [-0.4, -0.2) is 74.1 Å². The van der Waals surface area contributed by atoms with Crippen LogP contribution in [0.15, 0.2) is 109 Å². The Morgan fingerprint density at radius 1 is 0.569 bits per heavy atom. The van der Waals surface area contributed by atoms with Gasteiger partial charge in [0.05, 0.1) is 0 Å². The Hall–Kier alpha value is -6.54. The van der Waals surface area contributed by atoms with Crippen LogP contribution in [0.1, 0.15) is 60.3 Å². The molecule has 4 aromatic carbocycles. The molecule has 2 atom stereocenters. The van der Waals surface area contributed by atoms with Gasteiger partial charge in [0, 0.05) is 12.3 Å². The summed E-state index contributed by atoms with van der Waals surface area (Å²) in [5, 5.41) is 10.2. The molecule has 5 rings (SSSR count). The highest BCUT2D eigenvalue weighted by Crippen LogP contribution is 2.44. The molecule has 0 saturated heterocycles. The number of ether oxygens (including phenoxy) is 3. The van der Waals surface area contributed by atoms with Gasteiger partial charge in [-0.25, -0.2) is 4.79 Å². The summed E-state index contributed by atoms with van der Waals surface area (Å²) < 4.78 is 16.1. The second-order valence-corrected chi connectivity index (χ2v) is 13.7. The third-order valence-electron chi connectivity index (χ3n) is 9.51. The molecular weight excluding hydrogens is 743 g/mol. The van der Waals surface area contributed by atoms with Crippen molar-refractivity contribution >= 4 is 35.8 Å². The summed E-state index contributed by atoms with van der Waals surface area (Å²) in [6.45, 7) is -0.494. The van der Waals surface area contributed by atoms with E-state index in [4.69, 9.17) is 19.9 Å². The van der Waals surface area contributed by atoms with Crippen LogP contribution in [-0.2, 0) is 51.4 Å². The lowest BCUT2D eigenvalue weighted by atomic mass is 9.98. The van der Waals surface area contributed by atoms with Gasteiger partial charge in [0.1, 0.15) is 45.0 Å². The monoisotopic (exact) mass is 791 g/mol. The highest BCUT2D eigenvalue weighted by Gasteiger charge is 2.31. The molecule has 1 aliphatic rings. The molecular formula is C44H49N5O9. The summed E-state index contributed by atoms with van der Waals surface area (Å²) in [5.41, 5.74) is 11.4. The SMILES string of the molecule is NCCCCC(NC(=O)OCC1c2ccccc2-c2ccccc21)C(=O)NC(CCC(=O)NCC(=O)OCc1ccccc1)C(=O)NCC(=O)OCc1ccccc1. The molecule has 4 aromatic rings. The molecule has 304 valence electrons. The second kappa shape index (κ2) is 22.3. The fourth-order valence-corrected chi connectivity index (χ4v) is 6.48. The first-order valence-corrected chi connectivity index (χ1v) is 19.3. The first kappa shape index (κ1) is 42.6. The van der Waals surface area contributed by atoms with Crippen molar-refractivity contribution in [3.63, 3.8) is 0 Å². The number of esters is 2. The number of carbonyl (C=O) groups is 6. The Morgan fingerprint density at radius 3 is 1.66 bits per heavy atom. The molecule has 0 aliphatic heterocycles. The van der Waals surface area contributed by atoms with Gasteiger partial charge in [-0.05, 0) is 65.6 Å². The number of carbonyl (C=O) groups excluding carboxylic acids is 6. The quantitative estimate of drug-likeness (QED) is 0.0466. The van der Waals surface area contributed by atoms with Gasteiger partial charge in [0.25, 0.3) is 0 Å². The van der Waals surface area contributed by atoms with Crippen LogP contribution in [0.3, 0.4) is 0 Å². The number of nitrogens with two attached hydrogens (primary N) is 1. The molecule has 0 spiro atoms. The topological polar surface area (TPSA) is 204 Å². The Balaban J connectivity index is 1.19. The Morgan fingerprint density at radius 2 is 1.09 bits per heavy atom. The summed E-state index contributed by atoms with van der Waals surface area (Å²) in [7, 11) is 0. The molecule has 0 heterocycles. The molecule has 2 unspecified atom stereocenters. The van der Waals surface area contributed by atoms with Crippen molar-refractivity contribution in [2.75, 3.05) is 26.2 Å². The molecule has 4 amide bonds. The minimum absolute atomic E-state index is 0.00428. The van der Waals surface area contributed by atoms with Gasteiger partial charge in [0.15, 0.2) is 0 Å². The zero-order valence-corrected chi connectivity index (χ0v) is 32.2. The van der Waals surface area contributed by atoms with Gasteiger partial charge in [-0.2, -0.15) is 0 Å². The number of amides is 4. The van der Waals surface area contributed by atoms with Crippen molar-refractivity contribution in [2.45, 2.75) is 63.3 Å². The Kier molecular flexibility index (Phi) is 16.4. The number of unbranched alkanes of at least 4 members (excludes halogenated alkanes) is 1. The Labute approximate surface area is 337 Å². The molecule has 0 saturated carbocycles. The van der Waals surface area contributed by atoms with Crippen LogP contribution in [0.4, 0.5) is 4.79 Å². The highest BCUT2D eigenvalue weighted by molar-refractivity contribution is 5.93. The first-order valence-electron chi connectivity index (χ1n) is 19.3. The smallest absolute Gasteiger partial charge is 0.407 e. The largest absolute Gasteiger partial charge is 0.460 e. The summed E-state index contributed by atoms with van der Waals surface area (Å²) in [6.07, 6.45) is -0.0820. The van der Waals surface area contributed by atoms with E-state index in [1.807, 2.05) is 72.8 Å². The van der Waals surface area contributed by atoms with Gasteiger partial charge in [-0.3, -0.25) is 24.0 Å². The van der Waals surface area contributed by atoms with E-state index in [1.165, 1.54) is 0 Å². The van der Waals surface area contributed by atoms with E-state index < -0.39 is 60.9 Å². The maximum absolute atomic E-state index is 13.8. The summed E-state index contributed by atoms with van der Waals surface area (Å²) in [6, 6.07) is 31.4. The highest BCUT2D eigenvalue weighted by atomic mass is 16.6. The number of alkyl carbamates (subject to hydrolysis) is 1. The fraction of sp³-hybridized carbons (Fsp3) is 0.318. The number of hydrogen-bond donors (Lipinski definition) is 5. The average Bonchev–Trinajstić information content (AvgIpc) is 3.57. The molecule has 0 radical (unpaired) electrons. The normalized spacial score (nSPS) is 12.5. The van der Waals surface area contributed by atoms with Crippen molar-refractivity contribution in [3.05, 3.63) is 131 Å². The molecule has 0 aromatic heterocycles. The van der Waals surface area contributed by atoms with Gasteiger partial charge in [-0.1, -0.05) is 109 Å². The third-order valence-corrected chi connectivity index (χ3v) is 9.51. The summed E-state index contributed by atoms with van der Waals surface area (Å²) >= 11 is 0. The van der Waals surface area contributed by atoms with Crippen LogP contribution >= 0.6 is 0 Å². The zero-order chi connectivity index (χ0) is 41.1. The van der Waals surface area contributed by atoms with E-state index in [0.717, 1.165) is 33.4 Å². The maximum atomic E-state index is 13.8. The van der Waals surface area contributed by atoms with Crippen LogP contribution in [0.25, 0.3) is 11.1 Å². The van der Waals surface area contributed by atoms with Crippen LogP contribution < -0.4 is 27.0 Å². The lowest BCUT2D eigenvalue weighted by Crippen LogP contribution is -2.54. The van der Waals surface area contributed by atoms with Gasteiger partial charge in [0.2, 0.25) is 17.7 Å². The van der Waals surface area contributed by atoms with Gasteiger partial charge < -0.3 is 41.2 Å². The standard InChI is InChI=1S/C44H49N5O9/c45-24-12-11-21-37(49-44(55)58-29-36-34-19-9-7-17-32(34)33-18-8-10-20-35(33)36)43(54)48-38(42(53)47-26-41(52)57-28-31-15-5-2-6-16-31)22-23-39(50)46-25-40(51)56-27-30-13-3-1-4-14-30/h1-10,13-20,36-38H,11-12,21-29,45H2,(H,46,50)(H,47,53)(H,48,54)(H,49,55). The number of hydrogen-bond acceptors (Lipinski definition) is 10. The molecule has 0 fully saturated rings. The maximum Gasteiger partial charge on any atom is 0.407 e. The summed E-state index contributed by atoms with van der Waals surface area (Å²) in [5.74, 6) is -3.63. The van der Waals surface area contributed by atoms with Gasteiger partial charge >= 0.3 is 18.0 Å². The lowest BCUT2D eigenvalue weighted by molar-refractivity contribution is -0.145. The average molecular weight is 792 g/mol. The predicted molar refractivity (Wildman–Crippen MR) is 215 cm³/mol. The molecule has 6 N–H and O–H groups in total. The van der Waals surface area contributed by atoms with Crippen LogP contribution in [0, 0.1) is 0 Å². The Bertz CT molecular complexity index is 1970. The van der Waals surface area contributed by atoms with E-state index in [9.17, 15) is 28.8 Å². The molecule has 1 aliphatic carbocycles. The van der Waals surface area contributed by atoms with E-state index in [0.29, 0.717) is 19.4 Å². The molecule has 0 bridgehead atoms. The van der Waals surface area contributed by atoms with Gasteiger partial charge in [-0.15, -0.1) is 0 Å².